The number of ether oxygens (including phenoxy) is 1. The van der Waals surface area contributed by atoms with Crippen LogP contribution in [0.15, 0.2) is 40.9 Å². The van der Waals surface area contributed by atoms with Gasteiger partial charge in [0.25, 0.3) is 0 Å². The molecule has 0 amide bonds. The molecule has 3 nitrogen and oxygen atoms in total. The Hall–Kier alpha value is -1.55. The fourth-order valence-electron chi connectivity index (χ4n) is 2.08. The zero-order valence-corrected chi connectivity index (χ0v) is 13.2. The Balaban J connectivity index is 2.20. The maximum Gasteiger partial charge on any atom is 0.328 e. The van der Waals surface area contributed by atoms with Crippen LogP contribution in [-0.4, -0.2) is 18.6 Å². The highest BCUT2D eigenvalue weighted by molar-refractivity contribution is 9.10. The largest absolute Gasteiger partial charge is 0.464 e. The molecule has 0 aliphatic heterocycles. The summed E-state index contributed by atoms with van der Waals surface area (Å²) >= 11 is 3.46. The number of nitrogens with one attached hydrogen (secondary N) is 1. The maximum absolute atomic E-state index is 11.8. The molecule has 0 fully saturated rings. The van der Waals surface area contributed by atoms with Crippen LogP contribution in [0.3, 0.4) is 0 Å². The van der Waals surface area contributed by atoms with E-state index in [4.69, 9.17) is 4.74 Å². The first-order chi connectivity index (χ1) is 9.63. The molecule has 0 bridgehead atoms. The van der Waals surface area contributed by atoms with Gasteiger partial charge in [-0.05, 0) is 48.4 Å². The molecule has 2 aromatic carbocycles. The number of hydrogen-bond acceptors (Lipinski definition) is 3. The molecule has 4 heteroatoms. The number of carbonyl (C=O) groups is 1. The molecular weight excluding hydrogens is 318 g/mol. The molecule has 0 aliphatic carbocycles. The molecule has 0 aliphatic rings. The summed E-state index contributed by atoms with van der Waals surface area (Å²) in [6.07, 6.45) is 0.692. The SMILES string of the molecule is CCOC(=O)C(CC)Nc1ccc2cc(Br)ccc2c1. The third kappa shape index (κ3) is 3.51. The van der Waals surface area contributed by atoms with Gasteiger partial charge in [-0.1, -0.05) is 35.0 Å². The summed E-state index contributed by atoms with van der Waals surface area (Å²) in [4.78, 5) is 11.8. The lowest BCUT2D eigenvalue weighted by atomic mass is 10.1. The summed E-state index contributed by atoms with van der Waals surface area (Å²) in [6.45, 7) is 4.19. The summed E-state index contributed by atoms with van der Waals surface area (Å²) in [6, 6.07) is 11.9. The van der Waals surface area contributed by atoms with Gasteiger partial charge in [0.1, 0.15) is 6.04 Å². The highest BCUT2D eigenvalue weighted by Gasteiger charge is 2.17. The predicted molar refractivity (Wildman–Crippen MR) is 86.0 cm³/mol. The van der Waals surface area contributed by atoms with Crippen LogP contribution < -0.4 is 5.32 Å². The van der Waals surface area contributed by atoms with Crippen molar-refractivity contribution in [2.45, 2.75) is 26.3 Å². The van der Waals surface area contributed by atoms with Crippen LogP contribution in [0.4, 0.5) is 5.69 Å². The molecule has 0 aromatic heterocycles. The average Bonchev–Trinajstić information content (AvgIpc) is 2.45. The van der Waals surface area contributed by atoms with Crippen molar-refractivity contribution in [2.75, 3.05) is 11.9 Å². The van der Waals surface area contributed by atoms with Crippen LogP contribution in [0.2, 0.25) is 0 Å². The second-order valence-corrected chi connectivity index (χ2v) is 5.48. The third-order valence-corrected chi connectivity index (χ3v) is 3.62. The van der Waals surface area contributed by atoms with Crippen molar-refractivity contribution in [1.29, 1.82) is 0 Å². The minimum Gasteiger partial charge on any atom is -0.464 e. The standard InChI is InChI=1S/C16H18BrNO2/c1-3-15(16(19)20-4-2)18-14-8-6-11-9-13(17)7-5-12(11)10-14/h5-10,15,18H,3-4H2,1-2H3. The van der Waals surface area contributed by atoms with Gasteiger partial charge in [0.2, 0.25) is 0 Å². The topological polar surface area (TPSA) is 38.3 Å². The van der Waals surface area contributed by atoms with Crippen molar-refractivity contribution < 1.29 is 9.53 Å². The Morgan fingerprint density at radius 2 is 1.90 bits per heavy atom. The van der Waals surface area contributed by atoms with E-state index in [0.29, 0.717) is 13.0 Å². The van der Waals surface area contributed by atoms with Gasteiger partial charge >= 0.3 is 5.97 Å². The van der Waals surface area contributed by atoms with E-state index in [1.54, 1.807) is 0 Å². The van der Waals surface area contributed by atoms with Crippen molar-refractivity contribution in [2.24, 2.45) is 0 Å². The summed E-state index contributed by atoms with van der Waals surface area (Å²) in [5, 5.41) is 5.53. The number of rotatable bonds is 5. The van der Waals surface area contributed by atoms with Gasteiger partial charge in [-0.3, -0.25) is 0 Å². The molecule has 1 N–H and O–H groups in total. The zero-order valence-electron chi connectivity index (χ0n) is 11.7. The minimum absolute atomic E-state index is 0.203. The fraction of sp³-hybridized carbons (Fsp3) is 0.312. The van der Waals surface area contributed by atoms with E-state index >= 15 is 0 Å². The molecule has 2 aromatic rings. The number of benzene rings is 2. The van der Waals surface area contributed by atoms with Gasteiger partial charge in [0.15, 0.2) is 0 Å². The molecule has 0 radical (unpaired) electrons. The minimum atomic E-state index is -0.303. The molecule has 20 heavy (non-hydrogen) atoms. The molecule has 0 spiro atoms. The predicted octanol–water partition coefficient (Wildman–Crippen LogP) is 4.36. The Kier molecular flexibility index (Phi) is 5.01. The van der Waals surface area contributed by atoms with Crippen molar-refractivity contribution in [3.8, 4) is 0 Å². The summed E-state index contributed by atoms with van der Waals surface area (Å²) in [7, 11) is 0. The van der Waals surface area contributed by atoms with E-state index in [0.717, 1.165) is 20.9 Å². The van der Waals surface area contributed by atoms with Crippen molar-refractivity contribution in [3.05, 3.63) is 40.9 Å². The van der Waals surface area contributed by atoms with Crippen LogP contribution in [0.5, 0.6) is 0 Å². The van der Waals surface area contributed by atoms with E-state index in [1.165, 1.54) is 0 Å². The second kappa shape index (κ2) is 6.75. The molecule has 106 valence electrons. The monoisotopic (exact) mass is 335 g/mol. The number of halogens is 1. The Morgan fingerprint density at radius 3 is 2.60 bits per heavy atom. The van der Waals surface area contributed by atoms with Gasteiger partial charge in [-0.25, -0.2) is 4.79 Å². The molecule has 0 saturated carbocycles. The summed E-state index contributed by atoms with van der Waals surface area (Å²) in [5.41, 5.74) is 0.930. The van der Waals surface area contributed by atoms with E-state index in [2.05, 4.69) is 33.4 Å². The Bertz CT molecular complexity index is 612. The zero-order chi connectivity index (χ0) is 14.5. The average molecular weight is 336 g/mol. The molecule has 0 saturated heterocycles. The maximum atomic E-state index is 11.8. The summed E-state index contributed by atoms with van der Waals surface area (Å²) < 4.78 is 6.12. The number of hydrogen-bond donors (Lipinski definition) is 1. The van der Waals surface area contributed by atoms with E-state index in [1.807, 2.05) is 38.1 Å². The normalized spacial score (nSPS) is 12.2. The molecular formula is C16H18BrNO2. The fourth-order valence-corrected chi connectivity index (χ4v) is 2.46. The Morgan fingerprint density at radius 1 is 1.20 bits per heavy atom. The highest BCUT2D eigenvalue weighted by Crippen LogP contribution is 2.23. The van der Waals surface area contributed by atoms with Crippen LogP contribution >= 0.6 is 15.9 Å². The van der Waals surface area contributed by atoms with Crippen LogP contribution in [0.1, 0.15) is 20.3 Å². The summed E-state index contributed by atoms with van der Waals surface area (Å²) in [5.74, 6) is -0.203. The van der Waals surface area contributed by atoms with Gasteiger partial charge < -0.3 is 10.1 Å². The number of fused-ring (bicyclic) bond motifs is 1. The van der Waals surface area contributed by atoms with E-state index < -0.39 is 0 Å². The first-order valence-electron chi connectivity index (χ1n) is 6.76. The quantitative estimate of drug-likeness (QED) is 0.825. The van der Waals surface area contributed by atoms with Gasteiger partial charge in [0, 0.05) is 10.2 Å². The van der Waals surface area contributed by atoms with Crippen molar-refractivity contribution >= 4 is 38.4 Å². The number of carbonyl (C=O) groups excluding carboxylic acids is 1. The molecule has 1 unspecified atom stereocenters. The van der Waals surface area contributed by atoms with Crippen LogP contribution in [0, 0.1) is 0 Å². The first kappa shape index (κ1) is 14.9. The van der Waals surface area contributed by atoms with E-state index in [9.17, 15) is 4.79 Å². The van der Waals surface area contributed by atoms with E-state index in [-0.39, 0.29) is 12.0 Å². The molecule has 2 rings (SSSR count). The lowest BCUT2D eigenvalue weighted by Gasteiger charge is -2.17. The van der Waals surface area contributed by atoms with Gasteiger partial charge in [0.05, 0.1) is 6.61 Å². The van der Waals surface area contributed by atoms with Crippen LogP contribution in [-0.2, 0) is 9.53 Å². The van der Waals surface area contributed by atoms with Crippen molar-refractivity contribution in [1.82, 2.24) is 0 Å². The highest BCUT2D eigenvalue weighted by atomic mass is 79.9. The molecule has 1 atom stereocenters. The first-order valence-corrected chi connectivity index (χ1v) is 7.55. The molecule has 0 heterocycles. The number of esters is 1. The number of anilines is 1. The van der Waals surface area contributed by atoms with Crippen molar-refractivity contribution in [3.63, 3.8) is 0 Å². The van der Waals surface area contributed by atoms with Crippen LogP contribution in [0.25, 0.3) is 10.8 Å². The second-order valence-electron chi connectivity index (χ2n) is 4.56. The smallest absolute Gasteiger partial charge is 0.328 e. The lowest BCUT2D eigenvalue weighted by molar-refractivity contribution is -0.144. The third-order valence-electron chi connectivity index (χ3n) is 3.12. The lowest BCUT2D eigenvalue weighted by Crippen LogP contribution is -2.30. The Labute approximate surface area is 127 Å². The van der Waals surface area contributed by atoms with Gasteiger partial charge in [-0.2, -0.15) is 0 Å². The van der Waals surface area contributed by atoms with Gasteiger partial charge in [-0.15, -0.1) is 0 Å².